The summed E-state index contributed by atoms with van der Waals surface area (Å²) in [4.78, 5) is 12.4. The summed E-state index contributed by atoms with van der Waals surface area (Å²) < 4.78 is 38.0. The van der Waals surface area contributed by atoms with Crippen LogP contribution < -0.4 is 0 Å². The molecule has 3 nitrogen and oxygen atoms in total. The van der Waals surface area contributed by atoms with E-state index in [4.69, 9.17) is 5.11 Å². The van der Waals surface area contributed by atoms with Crippen LogP contribution in [0, 0.1) is 17.8 Å². The maximum atomic E-state index is 12.7. The van der Waals surface area contributed by atoms with Crippen molar-refractivity contribution in [1.29, 1.82) is 0 Å². The summed E-state index contributed by atoms with van der Waals surface area (Å²) in [6, 6.07) is 0. The second kappa shape index (κ2) is 5.25. The third-order valence-corrected chi connectivity index (χ3v) is 3.40. The molecule has 1 aliphatic rings. The first-order valence-corrected chi connectivity index (χ1v) is 5.77. The van der Waals surface area contributed by atoms with Gasteiger partial charge in [0.2, 0.25) is 0 Å². The molecule has 100 valence electrons. The molecule has 3 atom stereocenters. The predicted octanol–water partition coefficient (Wildman–Crippen LogP) is 2.23. The Labute approximate surface area is 98.6 Å². The van der Waals surface area contributed by atoms with Crippen LogP contribution in [0.4, 0.5) is 13.2 Å². The van der Waals surface area contributed by atoms with Crippen LogP contribution in [0.25, 0.3) is 0 Å². The maximum Gasteiger partial charge on any atom is 0.393 e. The van der Waals surface area contributed by atoms with E-state index in [1.807, 2.05) is 13.8 Å². The number of likely N-dealkylation sites (tertiary alicyclic amines) is 1. The molecule has 0 aromatic carbocycles. The largest absolute Gasteiger partial charge is 0.481 e. The number of hydrogen-bond donors (Lipinski definition) is 1. The van der Waals surface area contributed by atoms with Gasteiger partial charge in [-0.2, -0.15) is 13.2 Å². The molecule has 0 radical (unpaired) electrons. The molecule has 1 aliphatic heterocycles. The number of rotatable bonds is 4. The summed E-state index contributed by atoms with van der Waals surface area (Å²) in [6.45, 7) is 4.27. The molecule has 1 saturated heterocycles. The molecular weight excluding hydrogens is 235 g/mol. The monoisotopic (exact) mass is 253 g/mol. The van der Waals surface area contributed by atoms with Crippen molar-refractivity contribution in [3.63, 3.8) is 0 Å². The van der Waals surface area contributed by atoms with Crippen molar-refractivity contribution in [2.75, 3.05) is 19.6 Å². The molecule has 0 amide bonds. The lowest BCUT2D eigenvalue weighted by Gasteiger charge is -2.20. The van der Waals surface area contributed by atoms with Crippen LogP contribution in [-0.4, -0.2) is 41.8 Å². The van der Waals surface area contributed by atoms with Gasteiger partial charge in [-0.15, -0.1) is 0 Å². The summed E-state index contributed by atoms with van der Waals surface area (Å²) in [5.74, 6) is -4.11. The number of carboxylic acids is 1. The molecular formula is C11H18F3NO2. The van der Waals surface area contributed by atoms with E-state index in [9.17, 15) is 18.0 Å². The second-order valence-corrected chi connectivity index (χ2v) is 4.82. The highest BCUT2D eigenvalue weighted by atomic mass is 19.4. The SMILES string of the molecule is CCC(C)CN1C[C@@H](C(F)(F)F)[C@H](C(=O)O)C1. The zero-order valence-corrected chi connectivity index (χ0v) is 10.00. The number of alkyl halides is 3. The molecule has 17 heavy (non-hydrogen) atoms. The first-order chi connectivity index (χ1) is 7.75. The molecule has 0 bridgehead atoms. The van der Waals surface area contributed by atoms with E-state index in [1.165, 1.54) is 0 Å². The Hall–Kier alpha value is -0.780. The van der Waals surface area contributed by atoms with Crippen LogP contribution >= 0.6 is 0 Å². The van der Waals surface area contributed by atoms with Gasteiger partial charge in [0.25, 0.3) is 0 Å². The van der Waals surface area contributed by atoms with Gasteiger partial charge < -0.3 is 10.0 Å². The maximum absolute atomic E-state index is 12.7. The molecule has 0 aromatic rings. The van der Waals surface area contributed by atoms with Gasteiger partial charge in [-0.05, 0) is 5.92 Å². The van der Waals surface area contributed by atoms with E-state index >= 15 is 0 Å². The fourth-order valence-electron chi connectivity index (χ4n) is 2.19. The van der Waals surface area contributed by atoms with E-state index in [1.54, 1.807) is 4.90 Å². The third-order valence-electron chi connectivity index (χ3n) is 3.40. The van der Waals surface area contributed by atoms with Crippen LogP contribution in [0.5, 0.6) is 0 Å². The van der Waals surface area contributed by atoms with Crippen molar-refractivity contribution in [1.82, 2.24) is 4.90 Å². The molecule has 1 unspecified atom stereocenters. The van der Waals surface area contributed by atoms with Gasteiger partial charge in [0.1, 0.15) is 0 Å². The third kappa shape index (κ3) is 3.59. The van der Waals surface area contributed by atoms with E-state index in [-0.39, 0.29) is 19.0 Å². The van der Waals surface area contributed by atoms with Gasteiger partial charge in [-0.25, -0.2) is 0 Å². The van der Waals surface area contributed by atoms with Crippen molar-refractivity contribution in [2.45, 2.75) is 26.4 Å². The molecule has 1 heterocycles. The van der Waals surface area contributed by atoms with Crippen molar-refractivity contribution in [3.8, 4) is 0 Å². The lowest BCUT2D eigenvalue weighted by Crippen LogP contribution is -2.33. The average Bonchev–Trinajstić information content (AvgIpc) is 2.61. The molecule has 0 aliphatic carbocycles. The van der Waals surface area contributed by atoms with Crippen LogP contribution in [0.2, 0.25) is 0 Å². The average molecular weight is 253 g/mol. The first kappa shape index (κ1) is 14.3. The molecule has 0 aromatic heterocycles. The van der Waals surface area contributed by atoms with Crippen molar-refractivity contribution >= 4 is 5.97 Å². The highest BCUT2D eigenvalue weighted by Crippen LogP contribution is 2.37. The Kier molecular flexibility index (Phi) is 4.41. The number of carboxylic acid groups (broad SMARTS) is 1. The van der Waals surface area contributed by atoms with E-state index in [0.29, 0.717) is 6.54 Å². The Morgan fingerprint density at radius 1 is 1.47 bits per heavy atom. The lowest BCUT2D eigenvalue weighted by atomic mass is 9.96. The molecule has 0 saturated carbocycles. The standard InChI is InChI=1S/C11H18F3NO2/c1-3-7(2)4-15-5-8(10(16)17)9(6-15)11(12,13)14/h7-9H,3-6H2,1-2H3,(H,16,17)/t7?,8-,9-/m1/s1. The quantitative estimate of drug-likeness (QED) is 0.835. The molecule has 1 rings (SSSR count). The van der Waals surface area contributed by atoms with Gasteiger partial charge in [0.05, 0.1) is 11.8 Å². The summed E-state index contributed by atoms with van der Waals surface area (Å²) in [5, 5.41) is 8.83. The van der Waals surface area contributed by atoms with Crippen LogP contribution in [0.15, 0.2) is 0 Å². The summed E-state index contributed by atoms with van der Waals surface area (Å²) in [6.07, 6.45) is -3.54. The Morgan fingerprint density at radius 3 is 2.41 bits per heavy atom. The van der Waals surface area contributed by atoms with Crippen molar-refractivity contribution in [2.24, 2.45) is 17.8 Å². The summed E-state index contributed by atoms with van der Waals surface area (Å²) in [7, 11) is 0. The Balaban J connectivity index is 2.69. The smallest absolute Gasteiger partial charge is 0.393 e. The van der Waals surface area contributed by atoms with Crippen LogP contribution in [-0.2, 0) is 4.79 Å². The van der Waals surface area contributed by atoms with Crippen LogP contribution in [0.1, 0.15) is 20.3 Å². The van der Waals surface area contributed by atoms with Gasteiger partial charge in [-0.3, -0.25) is 4.79 Å². The van der Waals surface area contributed by atoms with Crippen molar-refractivity contribution < 1.29 is 23.1 Å². The minimum Gasteiger partial charge on any atom is -0.481 e. The molecule has 1 fully saturated rings. The normalized spacial score (nSPS) is 28.3. The topological polar surface area (TPSA) is 40.5 Å². The first-order valence-electron chi connectivity index (χ1n) is 5.77. The summed E-state index contributed by atoms with van der Waals surface area (Å²) >= 11 is 0. The number of halogens is 3. The summed E-state index contributed by atoms with van der Waals surface area (Å²) in [5.41, 5.74) is 0. The minimum absolute atomic E-state index is 0.00382. The number of hydrogen-bond acceptors (Lipinski definition) is 2. The fourth-order valence-corrected chi connectivity index (χ4v) is 2.19. The minimum atomic E-state index is -4.42. The van der Waals surface area contributed by atoms with Gasteiger partial charge >= 0.3 is 12.1 Å². The van der Waals surface area contributed by atoms with Crippen LogP contribution in [0.3, 0.4) is 0 Å². The van der Waals surface area contributed by atoms with E-state index in [0.717, 1.165) is 6.42 Å². The fraction of sp³-hybridized carbons (Fsp3) is 0.909. The highest BCUT2D eigenvalue weighted by Gasteiger charge is 2.52. The Bertz CT molecular complexity index is 280. The molecule has 6 heteroatoms. The highest BCUT2D eigenvalue weighted by molar-refractivity contribution is 5.71. The zero-order valence-electron chi connectivity index (χ0n) is 10.00. The van der Waals surface area contributed by atoms with E-state index in [2.05, 4.69) is 0 Å². The lowest BCUT2D eigenvalue weighted by molar-refractivity contribution is -0.188. The van der Waals surface area contributed by atoms with E-state index < -0.39 is 24.0 Å². The van der Waals surface area contributed by atoms with Crippen molar-refractivity contribution in [3.05, 3.63) is 0 Å². The molecule has 0 spiro atoms. The zero-order chi connectivity index (χ0) is 13.2. The number of nitrogens with zero attached hydrogens (tertiary/aromatic N) is 1. The molecule has 1 N–H and O–H groups in total. The van der Waals surface area contributed by atoms with Gasteiger partial charge in [0, 0.05) is 19.6 Å². The second-order valence-electron chi connectivity index (χ2n) is 4.82. The van der Waals surface area contributed by atoms with Gasteiger partial charge in [-0.1, -0.05) is 20.3 Å². The number of carbonyl (C=O) groups is 1. The number of aliphatic carboxylic acids is 1. The predicted molar refractivity (Wildman–Crippen MR) is 56.6 cm³/mol. The van der Waals surface area contributed by atoms with Gasteiger partial charge in [0.15, 0.2) is 0 Å². The Morgan fingerprint density at radius 2 is 2.06 bits per heavy atom.